The number of nitrogens with one attached hydrogen (secondary N) is 1. The van der Waals surface area contributed by atoms with Crippen LogP contribution in [0.15, 0.2) is 24.3 Å². The lowest BCUT2D eigenvalue weighted by molar-refractivity contribution is -0.137. The summed E-state index contributed by atoms with van der Waals surface area (Å²) in [4.78, 5) is 22.5. The van der Waals surface area contributed by atoms with Crippen molar-refractivity contribution in [2.75, 3.05) is 0 Å². The number of alkyl carbamates (subject to hydrolysis) is 1. The third-order valence-corrected chi connectivity index (χ3v) is 2.35. The van der Waals surface area contributed by atoms with Crippen molar-refractivity contribution in [1.82, 2.24) is 5.32 Å². The highest BCUT2D eigenvalue weighted by atomic mass is 19.1. The first-order chi connectivity index (χ1) is 9.19. The third kappa shape index (κ3) is 5.26. The summed E-state index contributed by atoms with van der Waals surface area (Å²) in [5.41, 5.74) is -0.603. The van der Waals surface area contributed by atoms with Gasteiger partial charge in [-0.05, 0) is 26.8 Å². The number of amides is 1. The predicted octanol–water partition coefficient (Wildman–Crippen LogP) is 2.87. The molecule has 0 radical (unpaired) electrons. The maximum Gasteiger partial charge on any atom is 0.408 e. The van der Waals surface area contributed by atoms with Gasteiger partial charge in [0.1, 0.15) is 11.4 Å². The average molecular weight is 283 g/mol. The number of rotatable bonds is 4. The molecule has 1 atom stereocenters. The molecule has 0 aliphatic heterocycles. The van der Waals surface area contributed by atoms with E-state index >= 15 is 0 Å². The van der Waals surface area contributed by atoms with Crippen molar-refractivity contribution >= 4 is 12.1 Å². The van der Waals surface area contributed by atoms with Crippen molar-refractivity contribution in [2.24, 2.45) is 0 Å². The minimum atomic E-state index is -1.14. The summed E-state index contributed by atoms with van der Waals surface area (Å²) in [5, 5.41) is 11.2. The third-order valence-electron chi connectivity index (χ3n) is 2.35. The number of carbonyl (C=O) groups is 2. The topological polar surface area (TPSA) is 75.6 Å². The van der Waals surface area contributed by atoms with E-state index in [2.05, 4.69) is 5.32 Å². The smallest absolute Gasteiger partial charge is 0.408 e. The van der Waals surface area contributed by atoms with E-state index in [0.29, 0.717) is 0 Å². The van der Waals surface area contributed by atoms with E-state index in [4.69, 9.17) is 9.84 Å². The number of hydrogen-bond donors (Lipinski definition) is 2. The second-order valence-corrected chi connectivity index (χ2v) is 5.32. The van der Waals surface area contributed by atoms with Crippen LogP contribution in [0.2, 0.25) is 0 Å². The van der Waals surface area contributed by atoms with Crippen LogP contribution < -0.4 is 5.32 Å². The molecule has 0 unspecified atom stereocenters. The standard InChI is InChI=1S/C14H18FNO4/c1-14(2,3)20-13(19)16-11(8-12(17)18)9-6-4-5-7-10(9)15/h4-7,11H,8H2,1-3H3,(H,16,19)(H,17,18)/t11-/m0/s1. The van der Waals surface area contributed by atoms with Crippen LogP contribution >= 0.6 is 0 Å². The SMILES string of the molecule is CC(C)(C)OC(=O)N[C@@H](CC(=O)O)c1ccccc1F. The molecule has 1 rings (SSSR count). The zero-order valence-electron chi connectivity index (χ0n) is 11.6. The Morgan fingerprint density at radius 1 is 1.35 bits per heavy atom. The number of hydrogen-bond acceptors (Lipinski definition) is 3. The number of benzene rings is 1. The molecule has 5 nitrogen and oxygen atoms in total. The molecule has 0 spiro atoms. The van der Waals surface area contributed by atoms with Crippen molar-refractivity contribution in [1.29, 1.82) is 0 Å². The number of carbonyl (C=O) groups excluding carboxylic acids is 1. The fourth-order valence-electron chi connectivity index (χ4n) is 1.62. The summed E-state index contributed by atoms with van der Waals surface area (Å²) in [5.74, 6) is -1.72. The van der Waals surface area contributed by atoms with E-state index in [-0.39, 0.29) is 5.56 Å². The molecule has 0 saturated carbocycles. The van der Waals surface area contributed by atoms with Gasteiger partial charge in [-0.15, -0.1) is 0 Å². The largest absolute Gasteiger partial charge is 0.481 e. The van der Waals surface area contributed by atoms with Gasteiger partial charge in [-0.3, -0.25) is 4.79 Å². The average Bonchev–Trinajstić information content (AvgIpc) is 2.25. The number of ether oxygens (including phenoxy) is 1. The lowest BCUT2D eigenvalue weighted by Gasteiger charge is -2.23. The van der Waals surface area contributed by atoms with E-state index in [1.165, 1.54) is 18.2 Å². The minimum Gasteiger partial charge on any atom is -0.481 e. The molecule has 0 aliphatic carbocycles. The Morgan fingerprint density at radius 3 is 2.45 bits per heavy atom. The van der Waals surface area contributed by atoms with Crippen LogP contribution in [0.1, 0.15) is 38.8 Å². The summed E-state index contributed by atoms with van der Waals surface area (Å²) >= 11 is 0. The Balaban J connectivity index is 2.88. The van der Waals surface area contributed by atoms with Gasteiger partial charge < -0.3 is 15.2 Å². The fourth-order valence-corrected chi connectivity index (χ4v) is 1.62. The first-order valence-electron chi connectivity index (χ1n) is 6.15. The number of carboxylic acids is 1. The number of carboxylic acid groups (broad SMARTS) is 1. The molecular formula is C14H18FNO4. The van der Waals surface area contributed by atoms with Crippen LogP contribution in [-0.4, -0.2) is 22.8 Å². The Kier molecular flexibility index (Phi) is 5.07. The first kappa shape index (κ1) is 15.9. The van der Waals surface area contributed by atoms with Gasteiger partial charge in [-0.2, -0.15) is 0 Å². The Bertz CT molecular complexity index is 496. The van der Waals surface area contributed by atoms with Crippen LogP contribution in [0.5, 0.6) is 0 Å². The normalized spacial score (nSPS) is 12.6. The van der Waals surface area contributed by atoms with Crippen LogP contribution in [0.4, 0.5) is 9.18 Å². The molecule has 0 bridgehead atoms. The van der Waals surface area contributed by atoms with E-state index in [1.807, 2.05) is 0 Å². The number of halogens is 1. The molecule has 1 aromatic carbocycles. The second-order valence-electron chi connectivity index (χ2n) is 5.32. The first-order valence-corrected chi connectivity index (χ1v) is 6.15. The van der Waals surface area contributed by atoms with Gasteiger partial charge in [0, 0.05) is 5.56 Å². The van der Waals surface area contributed by atoms with Crippen LogP contribution in [0.3, 0.4) is 0 Å². The molecule has 2 N–H and O–H groups in total. The van der Waals surface area contributed by atoms with Gasteiger partial charge in [0.2, 0.25) is 0 Å². The summed E-state index contributed by atoms with van der Waals surface area (Å²) in [6, 6.07) is 4.72. The molecule has 6 heteroatoms. The maximum atomic E-state index is 13.7. The zero-order chi connectivity index (χ0) is 15.3. The highest BCUT2D eigenvalue weighted by molar-refractivity contribution is 5.72. The van der Waals surface area contributed by atoms with Gasteiger partial charge in [-0.25, -0.2) is 9.18 Å². The highest BCUT2D eigenvalue weighted by Gasteiger charge is 2.24. The van der Waals surface area contributed by atoms with E-state index in [9.17, 15) is 14.0 Å². The van der Waals surface area contributed by atoms with Gasteiger partial charge in [0.25, 0.3) is 0 Å². The van der Waals surface area contributed by atoms with Gasteiger partial charge in [0.05, 0.1) is 12.5 Å². The van der Waals surface area contributed by atoms with Gasteiger partial charge in [-0.1, -0.05) is 18.2 Å². The Labute approximate surface area is 116 Å². The van der Waals surface area contributed by atoms with Gasteiger partial charge in [0.15, 0.2) is 0 Å². The van der Waals surface area contributed by atoms with Crippen LogP contribution in [0.25, 0.3) is 0 Å². The Morgan fingerprint density at radius 2 is 1.95 bits per heavy atom. The van der Waals surface area contributed by atoms with Crippen molar-refractivity contribution in [3.63, 3.8) is 0 Å². The zero-order valence-corrected chi connectivity index (χ0v) is 11.6. The molecular weight excluding hydrogens is 265 g/mol. The summed E-state index contributed by atoms with van der Waals surface area (Å²) in [6.07, 6.45) is -1.22. The minimum absolute atomic E-state index is 0.112. The lowest BCUT2D eigenvalue weighted by atomic mass is 10.0. The van der Waals surface area contributed by atoms with Gasteiger partial charge >= 0.3 is 12.1 Å². The monoisotopic (exact) mass is 283 g/mol. The summed E-state index contributed by atoms with van der Waals surface area (Å²) in [7, 11) is 0. The molecule has 110 valence electrons. The van der Waals surface area contributed by atoms with E-state index < -0.39 is 35.9 Å². The van der Waals surface area contributed by atoms with Crippen molar-refractivity contribution in [2.45, 2.75) is 38.8 Å². The molecule has 1 amide bonds. The second kappa shape index (κ2) is 6.36. The molecule has 20 heavy (non-hydrogen) atoms. The Hall–Kier alpha value is -2.11. The van der Waals surface area contributed by atoms with Crippen LogP contribution in [0, 0.1) is 5.82 Å². The van der Waals surface area contributed by atoms with E-state index in [0.717, 1.165) is 0 Å². The molecule has 0 saturated heterocycles. The maximum absolute atomic E-state index is 13.7. The van der Waals surface area contributed by atoms with Crippen molar-refractivity contribution < 1.29 is 23.8 Å². The summed E-state index contributed by atoms with van der Waals surface area (Å²) in [6.45, 7) is 5.05. The fraction of sp³-hybridized carbons (Fsp3) is 0.429. The molecule has 1 aromatic rings. The molecule has 0 heterocycles. The number of aliphatic carboxylic acids is 1. The van der Waals surface area contributed by atoms with Crippen molar-refractivity contribution in [3.05, 3.63) is 35.6 Å². The van der Waals surface area contributed by atoms with Crippen LogP contribution in [-0.2, 0) is 9.53 Å². The quantitative estimate of drug-likeness (QED) is 0.891. The summed E-state index contributed by atoms with van der Waals surface area (Å²) < 4.78 is 18.7. The van der Waals surface area contributed by atoms with E-state index in [1.54, 1.807) is 26.8 Å². The molecule has 0 aromatic heterocycles. The lowest BCUT2D eigenvalue weighted by Crippen LogP contribution is -2.36. The predicted molar refractivity (Wildman–Crippen MR) is 70.8 cm³/mol. The highest BCUT2D eigenvalue weighted by Crippen LogP contribution is 2.21. The van der Waals surface area contributed by atoms with Crippen molar-refractivity contribution in [3.8, 4) is 0 Å². The molecule has 0 fully saturated rings. The molecule has 0 aliphatic rings.